The van der Waals surface area contributed by atoms with Crippen LogP contribution in [-0.2, 0) is 4.43 Å². The monoisotopic (exact) mass is 140 g/mol. The lowest BCUT2D eigenvalue weighted by Gasteiger charge is -2.04. The van der Waals surface area contributed by atoms with Gasteiger partial charge in [-0.1, -0.05) is 22.5 Å². The lowest BCUT2D eigenvalue weighted by Crippen LogP contribution is -2.12. The Morgan fingerprint density at radius 3 is 2.33 bits per heavy atom. The molecule has 9 heavy (non-hydrogen) atoms. The van der Waals surface area contributed by atoms with Gasteiger partial charge in [0.25, 0.3) is 0 Å². The van der Waals surface area contributed by atoms with Gasteiger partial charge in [-0.2, -0.15) is 0 Å². The Balaban J connectivity index is 2.74. The number of rotatable bonds is 1. The van der Waals surface area contributed by atoms with Gasteiger partial charge in [0, 0.05) is 7.11 Å². The Bertz CT molecular complexity index is 170. The normalized spacial score (nSPS) is 25.9. The molecule has 0 aromatic carbocycles. The van der Waals surface area contributed by atoms with Gasteiger partial charge in [-0.15, -0.1) is 0 Å². The molecule has 0 fully saturated rings. The third-order valence-corrected chi connectivity index (χ3v) is 4.18. The second-order valence-corrected chi connectivity index (χ2v) is 4.94. The molecule has 0 bridgehead atoms. The van der Waals surface area contributed by atoms with Crippen LogP contribution in [0.1, 0.15) is 13.8 Å². The molecule has 1 heterocycles. The first-order valence-electron chi connectivity index (χ1n) is 3.14. The third-order valence-electron chi connectivity index (χ3n) is 1.82. The van der Waals surface area contributed by atoms with E-state index in [4.69, 9.17) is 4.43 Å². The molecular formula is C7H12OSi. The summed E-state index contributed by atoms with van der Waals surface area (Å²) in [5, 5.41) is 1.47. The molecule has 0 aromatic rings. The van der Waals surface area contributed by atoms with Crippen molar-refractivity contribution in [1.82, 2.24) is 0 Å². The summed E-state index contributed by atoms with van der Waals surface area (Å²) in [4.78, 5) is 0. The van der Waals surface area contributed by atoms with Crippen LogP contribution in [0.2, 0.25) is 0 Å². The Morgan fingerprint density at radius 2 is 2.11 bits per heavy atom. The SMILES string of the molecule is CO[SiH]1C=CC(C)=C1C. The fourth-order valence-electron chi connectivity index (χ4n) is 0.987. The number of hydrogen-bond acceptors (Lipinski definition) is 1. The zero-order valence-electron chi connectivity index (χ0n) is 6.14. The van der Waals surface area contributed by atoms with Gasteiger partial charge < -0.3 is 4.43 Å². The van der Waals surface area contributed by atoms with Crippen LogP contribution in [0.5, 0.6) is 0 Å². The van der Waals surface area contributed by atoms with Crippen LogP contribution in [0.3, 0.4) is 0 Å². The lowest BCUT2D eigenvalue weighted by molar-refractivity contribution is 0.435. The van der Waals surface area contributed by atoms with Gasteiger partial charge in [0.05, 0.1) is 0 Å². The summed E-state index contributed by atoms with van der Waals surface area (Å²) in [6.07, 6.45) is 2.16. The Hall–Kier alpha value is -0.343. The minimum Gasteiger partial charge on any atom is -0.415 e. The molecule has 1 rings (SSSR count). The molecule has 0 radical (unpaired) electrons. The highest BCUT2D eigenvalue weighted by molar-refractivity contribution is 6.66. The van der Waals surface area contributed by atoms with Crippen molar-refractivity contribution >= 4 is 9.04 Å². The predicted octanol–water partition coefficient (Wildman–Crippen LogP) is 1.34. The van der Waals surface area contributed by atoms with Crippen LogP contribution >= 0.6 is 0 Å². The molecule has 2 heteroatoms. The molecule has 1 nitrogen and oxygen atoms in total. The van der Waals surface area contributed by atoms with E-state index in [2.05, 4.69) is 25.6 Å². The van der Waals surface area contributed by atoms with Crippen molar-refractivity contribution in [3.63, 3.8) is 0 Å². The Kier molecular flexibility index (Phi) is 1.88. The molecule has 1 aliphatic rings. The molecule has 50 valence electrons. The van der Waals surface area contributed by atoms with Gasteiger partial charge >= 0.3 is 0 Å². The summed E-state index contributed by atoms with van der Waals surface area (Å²) in [5.74, 6) is 0. The van der Waals surface area contributed by atoms with Crippen LogP contribution in [0.15, 0.2) is 22.5 Å². The van der Waals surface area contributed by atoms with Crippen LogP contribution in [0.4, 0.5) is 0 Å². The molecule has 0 spiro atoms. The van der Waals surface area contributed by atoms with E-state index in [1.807, 2.05) is 0 Å². The van der Waals surface area contributed by atoms with Crippen molar-refractivity contribution in [1.29, 1.82) is 0 Å². The van der Waals surface area contributed by atoms with Crippen molar-refractivity contribution in [2.45, 2.75) is 13.8 Å². The standard InChI is InChI=1S/C7H12OSi/c1-6-4-5-9(8-3)7(6)2/h4-5,9H,1-3H3. The average Bonchev–Trinajstić information content (AvgIpc) is 2.15. The Labute approximate surface area is 57.8 Å². The largest absolute Gasteiger partial charge is 0.415 e. The van der Waals surface area contributed by atoms with Crippen LogP contribution < -0.4 is 0 Å². The topological polar surface area (TPSA) is 9.23 Å². The fourth-order valence-corrected chi connectivity index (χ4v) is 2.80. The van der Waals surface area contributed by atoms with Gasteiger partial charge in [-0.05, 0) is 13.8 Å². The average molecular weight is 140 g/mol. The number of allylic oxidation sites excluding steroid dienone is 3. The smallest absolute Gasteiger partial charge is 0.228 e. The van der Waals surface area contributed by atoms with Gasteiger partial charge in [0.2, 0.25) is 9.04 Å². The van der Waals surface area contributed by atoms with E-state index < -0.39 is 9.04 Å². The highest BCUT2D eigenvalue weighted by Gasteiger charge is 2.14. The number of hydrogen-bond donors (Lipinski definition) is 0. The van der Waals surface area contributed by atoms with Crippen molar-refractivity contribution in [3.05, 3.63) is 22.5 Å². The first-order valence-corrected chi connectivity index (χ1v) is 4.85. The quantitative estimate of drug-likeness (QED) is 0.499. The fraction of sp³-hybridized carbons (Fsp3) is 0.429. The lowest BCUT2D eigenvalue weighted by atomic mass is 10.3. The van der Waals surface area contributed by atoms with Gasteiger partial charge in [-0.3, -0.25) is 0 Å². The molecule has 1 atom stereocenters. The summed E-state index contributed by atoms with van der Waals surface area (Å²) in [6.45, 7) is 4.30. The van der Waals surface area contributed by atoms with Crippen LogP contribution in [-0.4, -0.2) is 16.2 Å². The van der Waals surface area contributed by atoms with E-state index >= 15 is 0 Å². The van der Waals surface area contributed by atoms with Crippen molar-refractivity contribution in [2.24, 2.45) is 0 Å². The second-order valence-electron chi connectivity index (χ2n) is 2.38. The minimum atomic E-state index is -1.01. The zero-order chi connectivity index (χ0) is 6.85. The van der Waals surface area contributed by atoms with Gasteiger partial charge in [0.15, 0.2) is 0 Å². The minimum absolute atomic E-state index is 1.01. The maximum absolute atomic E-state index is 5.29. The van der Waals surface area contributed by atoms with Crippen LogP contribution in [0, 0.1) is 0 Å². The van der Waals surface area contributed by atoms with Gasteiger partial charge in [0.1, 0.15) is 0 Å². The van der Waals surface area contributed by atoms with Crippen molar-refractivity contribution < 1.29 is 4.43 Å². The first kappa shape index (κ1) is 6.77. The van der Waals surface area contributed by atoms with E-state index in [0.29, 0.717) is 0 Å². The molecule has 1 aliphatic heterocycles. The maximum atomic E-state index is 5.29. The van der Waals surface area contributed by atoms with Crippen molar-refractivity contribution in [3.8, 4) is 0 Å². The zero-order valence-corrected chi connectivity index (χ0v) is 7.29. The first-order chi connectivity index (χ1) is 4.25. The summed E-state index contributed by atoms with van der Waals surface area (Å²) >= 11 is 0. The van der Waals surface area contributed by atoms with Crippen molar-refractivity contribution in [2.75, 3.05) is 7.11 Å². The maximum Gasteiger partial charge on any atom is 0.228 e. The third kappa shape index (κ3) is 1.14. The molecule has 0 aromatic heterocycles. The molecule has 1 unspecified atom stereocenters. The molecule has 0 saturated heterocycles. The molecule has 0 aliphatic carbocycles. The summed E-state index contributed by atoms with van der Waals surface area (Å²) in [6, 6.07) is 0. The highest BCUT2D eigenvalue weighted by Crippen LogP contribution is 2.16. The molecule has 0 N–H and O–H groups in total. The Morgan fingerprint density at radius 1 is 1.44 bits per heavy atom. The predicted molar refractivity (Wildman–Crippen MR) is 41.7 cm³/mol. The highest BCUT2D eigenvalue weighted by atomic mass is 28.3. The molecule has 0 amide bonds. The van der Waals surface area contributed by atoms with E-state index in [1.54, 1.807) is 7.11 Å². The summed E-state index contributed by atoms with van der Waals surface area (Å²) < 4.78 is 5.29. The molecule has 0 saturated carbocycles. The van der Waals surface area contributed by atoms with E-state index in [1.165, 1.54) is 10.8 Å². The van der Waals surface area contributed by atoms with Crippen LogP contribution in [0.25, 0.3) is 0 Å². The van der Waals surface area contributed by atoms with E-state index in [0.717, 1.165) is 0 Å². The van der Waals surface area contributed by atoms with E-state index in [9.17, 15) is 0 Å². The molecular weight excluding hydrogens is 128 g/mol. The van der Waals surface area contributed by atoms with Gasteiger partial charge in [-0.25, -0.2) is 0 Å². The summed E-state index contributed by atoms with van der Waals surface area (Å²) in [5.41, 5.74) is 3.61. The van der Waals surface area contributed by atoms with E-state index in [-0.39, 0.29) is 0 Å². The second kappa shape index (κ2) is 2.50. The summed E-state index contributed by atoms with van der Waals surface area (Å²) in [7, 11) is 0.782.